The van der Waals surface area contributed by atoms with Gasteiger partial charge in [0, 0.05) is 0 Å². The van der Waals surface area contributed by atoms with E-state index in [0.29, 0.717) is 6.61 Å². The Balaban J connectivity index is 1.22. The highest BCUT2D eigenvalue weighted by Gasteiger charge is 2.29. The molecular weight excluding hydrogens is 380 g/mol. The Hall–Kier alpha value is -0.530. The van der Waals surface area contributed by atoms with Gasteiger partial charge in [-0.2, -0.15) is 0 Å². The summed E-state index contributed by atoms with van der Waals surface area (Å²) in [6.45, 7) is 5.01. The molecule has 0 spiro atoms. The number of rotatable bonds is 11. The molecule has 0 radical (unpaired) electrons. The standard InChI is InChI=1S/C29H52O2/c1-3-5-23-6-8-24(9-7-23)10-11-25-12-14-26(15-13-25)16-17-27-18-20-28(21-19-27)29(30)31-22-4-2/h23-28H,3-22H2,1-2H3. The molecule has 31 heavy (non-hydrogen) atoms. The lowest BCUT2D eigenvalue weighted by molar-refractivity contribution is -0.150. The van der Waals surface area contributed by atoms with Crippen molar-refractivity contribution in [2.75, 3.05) is 6.61 Å². The van der Waals surface area contributed by atoms with E-state index in [1.807, 2.05) is 0 Å². The zero-order valence-corrected chi connectivity index (χ0v) is 20.9. The van der Waals surface area contributed by atoms with Gasteiger partial charge in [-0.15, -0.1) is 0 Å². The molecule has 0 aliphatic heterocycles. The van der Waals surface area contributed by atoms with Crippen molar-refractivity contribution in [3.05, 3.63) is 0 Å². The first kappa shape index (κ1) is 25.1. The van der Waals surface area contributed by atoms with Crippen LogP contribution in [0.1, 0.15) is 136 Å². The highest BCUT2D eigenvalue weighted by atomic mass is 16.5. The van der Waals surface area contributed by atoms with E-state index in [-0.39, 0.29) is 11.9 Å². The van der Waals surface area contributed by atoms with Gasteiger partial charge in [0.2, 0.25) is 0 Å². The van der Waals surface area contributed by atoms with E-state index in [1.54, 1.807) is 0 Å². The predicted octanol–water partition coefficient (Wildman–Crippen LogP) is 8.72. The molecule has 0 N–H and O–H groups in total. The van der Waals surface area contributed by atoms with E-state index in [4.69, 9.17) is 4.74 Å². The number of hydrogen-bond acceptors (Lipinski definition) is 2. The molecule has 3 rings (SSSR count). The Morgan fingerprint density at radius 1 is 0.548 bits per heavy atom. The molecule has 180 valence electrons. The molecule has 0 aromatic rings. The van der Waals surface area contributed by atoms with Crippen molar-refractivity contribution in [2.45, 2.75) is 136 Å². The highest BCUT2D eigenvalue weighted by molar-refractivity contribution is 5.72. The Labute approximate surface area is 193 Å². The van der Waals surface area contributed by atoms with Gasteiger partial charge in [0.1, 0.15) is 0 Å². The van der Waals surface area contributed by atoms with Gasteiger partial charge in [-0.1, -0.05) is 104 Å². The second kappa shape index (κ2) is 13.9. The molecular formula is C29H52O2. The maximum atomic E-state index is 12.1. The van der Waals surface area contributed by atoms with E-state index in [0.717, 1.165) is 48.9 Å². The van der Waals surface area contributed by atoms with E-state index >= 15 is 0 Å². The van der Waals surface area contributed by atoms with E-state index in [9.17, 15) is 4.79 Å². The fourth-order valence-electron chi connectivity index (χ4n) is 6.98. The van der Waals surface area contributed by atoms with Gasteiger partial charge < -0.3 is 4.74 Å². The minimum absolute atomic E-state index is 0.0765. The Morgan fingerprint density at radius 2 is 0.903 bits per heavy atom. The molecule has 0 unspecified atom stereocenters. The maximum absolute atomic E-state index is 12.1. The van der Waals surface area contributed by atoms with Crippen LogP contribution in [0.25, 0.3) is 0 Å². The first-order chi connectivity index (χ1) is 15.2. The molecule has 0 aromatic carbocycles. The molecule has 0 saturated heterocycles. The molecule has 0 heterocycles. The summed E-state index contributed by atoms with van der Waals surface area (Å²) in [6, 6.07) is 0. The third-order valence-corrected chi connectivity index (χ3v) is 9.22. The molecule has 3 aliphatic carbocycles. The van der Waals surface area contributed by atoms with Crippen molar-refractivity contribution < 1.29 is 9.53 Å². The van der Waals surface area contributed by atoms with Crippen molar-refractivity contribution in [3.63, 3.8) is 0 Å². The SMILES string of the molecule is CCCOC(=O)C1CCC(CCC2CCC(CCC3CCC(CCC)CC3)CC2)CC1. The van der Waals surface area contributed by atoms with Gasteiger partial charge in [0.25, 0.3) is 0 Å². The van der Waals surface area contributed by atoms with Crippen LogP contribution < -0.4 is 0 Å². The molecule has 0 bridgehead atoms. The molecule has 2 heteroatoms. The van der Waals surface area contributed by atoms with Gasteiger partial charge in [0.05, 0.1) is 12.5 Å². The van der Waals surface area contributed by atoms with Gasteiger partial charge in [-0.25, -0.2) is 0 Å². The van der Waals surface area contributed by atoms with Crippen molar-refractivity contribution in [1.82, 2.24) is 0 Å². The third-order valence-electron chi connectivity index (χ3n) is 9.22. The number of hydrogen-bond donors (Lipinski definition) is 0. The minimum Gasteiger partial charge on any atom is -0.465 e. The van der Waals surface area contributed by atoms with Gasteiger partial charge in [-0.05, 0) is 61.7 Å². The van der Waals surface area contributed by atoms with Crippen LogP contribution in [-0.4, -0.2) is 12.6 Å². The summed E-state index contributed by atoms with van der Waals surface area (Å²) in [4.78, 5) is 12.1. The summed E-state index contributed by atoms with van der Waals surface area (Å²) in [5.74, 6) is 5.28. The molecule has 0 aromatic heterocycles. The number of ether oxygens (including phenoxy) is 1. The molecule has 3 fully saturated rings. The second-order valence-electron chi connectivity index (χ2n) is 11.6. The van der Waals surface area contributed by atoms with E-state index in [1.165, 1.54) is 103 Å². The summed E-state index contributed by atoms with van der Waals surface area (Å²) in [5, 5.41) is 0. The van der Waals surface area contributed by atoms with Crippen LogP contribution in [0.4, 0.5) is 0 Å². The average Bonchev–Trinajstić information content (AvgIpc) is 2.82. The largest absolute Gasteiger partial charge is 0.465 e. The average molecular weight is 433 g/mol. The summed E-state index contributed by atoms with van der Waals surface area (Å²) in [5.41, 5.74) is 0. The van der Waals surface area contributed by atoms with Crippen LogP contribution in [0, 0.1) is 35.5 Å². The fourth-order valence-corrected chi connectivity index (χ4v) is 6.98. The lowest BCUT2D eigenvalue weighted by Gasteiger charge is -2.33. The first-order valence-electron chi connectivity index (χ1n) is 14.3. The summed E-state index contributed by atoms with van der Waals surface area (Å²) in [6.07, 6.45) is 26.4. The zero-order valence-electron chi connectivity index (χ0n) is 20.9. The smallest absolute Gasteiger partial charge is 0.308 e. The fraction of sp³-hybridized carbons (Fsp3) is 0.966. The zero-order chi connectivity index (χ0) is 21.9. The van der Waals surface area contributed by atoms with Crippen LogP contribution >= 0.6 is 0 Å². The van der Waals surface area contributed by atoms with Gasteiger partial charge in [0.15, 0.2) is 0 Å². The molecule has 2 nitrogen and oxygen atoms in total. The Bertz CT molecular complexity index is 477. The summed E-state index contributed by atoms with van der Waals surface area (Å²) >= 11 is 0. The molecule has 0 atom stereocenters. The third kappa shape index (κ3) is 8.73. The van der Waals surface area contributed by atoms with Crippen molar-refractivity contribution in [2.24, 2.45) is 35.5 Å². The van der Waals surface area contributed by atoms with Crippen molar-refractivity contribution in [1.29, 1.82) is 0 Å². The quantitative estimate of drug-likeness (QED) is 0.305. The van der Waals surface area contributed by atoms with Gasteiger partial charge in [-0.3, -0.25) is 4.79 Å². The lowest BCUT2D eigenvalue weighted by atomic mass is 9.73. The monoisotopic (exact) mass is 432 g/mol. The Morgan fingerprint density at radius 3 is 1.26 bits per heavy atom. The molecule has 3 aliphatic rings. The first-order valence-corrected chi connectivity index (χ1v) is 14.3. The molecule has 0 amide bonds. The topological polar surface area (TPSA) is 26.3 Å². The predicted molar refractivity (Wildman–Crippen MR) is 131 cm³/mol. The highest BCUT2D eigenvalue weighted by Crippen LogP contribution is 2.40. The second-order valence-corrected chi connectivity index (χ2v) is 11.6. The summed E-state index contributed by atoms with van der Waals surface area (Å²) in [7, 11) is 0. The van der Waals surface area contributed by atoms with E-state index in [2.05, 4.69) is 13.8 Å². The van der Waals surface area contributed by atoms with Crippen LogP contribution in [0.2, 0.25) is 0 Å². The number of carbonyl (C=O) groups excluding carboxylic acids is 1. The molecule has 3 saturated carbocycles. The van der Waals surface area contributed by atoms with Gasteiger partial charge >= 0.3 is 5.97 Å². The Kier molecular flexibility index (Phi) is 11.2. The lowest BCUT2D eigenvalue weighted by Crippen LogP contribution is -2.24. The number of carbonyl (C=O) groups is 1. The normalized spacial score (nSPS) is 34.4. The maximum Gasteiger partial charge on any atom is 0.308 e. The van der Waals surface area contributed by atoms with Crippen molar-refractivity contribution >= 4 is 5.97 Å². The number of esters is 1. The minimum atomic E-state index is 0.0765. The van der Waals surface area contributed by atoms with E-state index < -0.39 is 0 Å². The summed E-state index contributed by atoms with van der Waals surface area (Å²) < 4.78 is 5.37. The van der Waals surface area contributed by atoms with Crippen LogP contribution in [-0.2, 0) is 9.53 Å². The van der Waals surface area contributed by atoms with Crippen LogP contribution in [0.5, 0.6) is 0 Å². The van der Waals surface area contributed by atoms with Crippen LogP contribution in [0.15, 0.2) is 0 Å². The van der Waals surface area contributed by atoms with Crippen molar-refractivity contribution in [3.8, 4) is 0 Å². The van der Waals surface area contributed by atoms with Crippen LogP contribution in [0.3, 0.4) is 0 Å².